The lowest BCUT2D eigenvalue weighted by molar-refractivity contribution is -0.146. The number of ether oxygens (including phenoxy) is 2. The highest BCUT2D eigenvalue weighted by Gasteiger charge is 2.17. The third-order valence-corrected chi connectivity index (χ3v) is 12.2. The Bertz CT molecular complexity index is 763. The van der Waals surface area contributed by atoms with E-state index in [0.717, 1.165) is 70.8 Å². The van der Waals surface area contributed by atoms with Gasteiger partial charge in [-0.2, -0.15) is 0 Å². The first-order chi connectivity index (χ1) is 27.4. The van der Waals surface area contributed by atoms with Gasteiger partial charge in [0.05, 0.1) is 13.2 Å². The minimum atomic E-state index is -0.0111. The van der Waals surface area contributed by atoms with E-state index in [1.807, 2.05) is 0 Å². The molecule has 0 aliphatic heterocycles. The summed E-state index contributed by atoms with van der Waals surface area (Å²) in [6.45, 7) is 11.5. The molecule has 0 radical (unpaired) electrons. The fourth-order valence-corrected chi connectivity index (χ4v) is 8.23. The molecule has 2 unspecified atom stereocenters. The van der Waals surface area contributed by atoms with Gasteiger partial charge in [-0.15, -0.1) is 0 Å². The van der Waals surface area contributed by atoms with Gasteiger partial charge in [0.2, 0.25) is 0 Å². The summed E-state index contributed by atoms with van der Waals surface area (Å²) in [6.07, 6.45) is 42.1. The smallest absolute Gasteiger partial charge is 0.305 e. The average Bonchev–Trinajstić information content (AvgIpc) is 3.20. The summed E-state index contributed by atoms with van der Waals surface area (Å²) in [5.41, 5.74) is 0. The second kappa shape index (κ2) is 43.4. The lowest BCUT2D eigenvalue weighted by atomic mass is 9.95. The quantitative estimate of drug-likeness (QED) is 0.0489. The van der Waals surface area contributed by atoms with Crippen molar-refractivity contribution in [2.45, 2.75) is 265 Å². The Morgan fingerprint density at radius 2 is 0.750 bits per heavy atom. The van der Waals surface area contributed by atoms with E-state index in [1.165, 1.54) is 154 Å². The van der Waals surface area contributed by atoms with Crippen molar-refractivity contribution in [1.29, 1.82) is 0 Å². The number of esters is 2. The molecule has 6 nitrogen and oxygen atoms in total. The number of nitrogens with zero attached hydrogens (tertiary/aromatic N) is 1. The Balaban J connectivity index is 4.57. The van der Waals surface area contributed by atoms with Crippen LogP contribution < -0.4 is 0 Å². The molecule has 0 aromatic rings. The molecule has 6 heteroatoms. The zero-order chi connectivity index (χ0) is 41.2. The Labute approximate surface area is 350 Å². The minimum Gasteiger partial charge on any atom is -0.465 e. The summed E-state index contributed by atoms with van der Waals surface area (Å²) >= 11 is 0. The van der Waals surface area contributed by atoms with Gasteiger partial charge < -0.3 is 19.5 Å². The molecule has 0 spiro atoms. The lowest BCUT2D eigenvalue weighted by Crippen LogP contribution is -2.32. The van der Waals surface area contributed by atoms with E-state index in [0.29, 0.717) is 43.9 Å². The van der Waals surface area contributed by atoms with Crippen LogP contribution >= 0.6 is 0 Å². The molecule has 0 heterocycles. The van der Waals surface area contributed by atoms with Crippen molar-refractivity contribution in [3.05, 3.63) is 0 Å². The molecule has 0 aliphatic carbocycles. The van der Waals surface area contributed by atoms with Gasteiger partial charge in [-0.25, -0.2) is 0 Å². The first-order valence-electron chi connectivity index (χ1n) is 25.0. The number of rotatable bonds is 45. The largest absolute Gasteiger partial charge is 0.465 e. The molecule has 0 aromatic heterocycles. The molecule has 0 saturated carbocycles. The zero-order valence-corrected chi connectivity index (χ0v) is 38.5. The van der Waals surface area contributed by atoms with Crippen molar-refractivity contribution in [1.82, 2.24) is 4.90 Å². The second-order valence-corrected chi connectivity index (χ2v) is 17.7. The van der Waals surface area contributed by atoms with E-state index in [-0.39, 0.29) is 18.5 Å². The van der Waals surface area contributed by atoms with E-state index in [1.54, 1.807) is 0 Å². The molecule has 1 N–H and O–H groups in total. The van der Waals surface area contributed by atoms with Crippen LogP contribution in [-0.4, -0.2) is 61.4 Å². The summed E-state index contributed by atoms with van der Waals surface area (Å²) in [5.74, 6) is 1.02. The van der Waals surface area contributed by atoms with E-state index in [4.69, 9.17) is 9.47 Å². The SMILES string of the molecule is CCCCCCCCC(CCCCCC)COC(=O)CCCCCC(CCCCCC(=O)OCC(CCCCCC)CCCCCCCC)N(C)CCCCO. The molecule has 0 amide bonds. The Hall–Kier alpha value is -1.14. The molecule has 0 fully saturated rings. The molecule has 0 bridgehead atoms. The summed E-state index contributed by atoms with van der Waals surface area (Å²) in [4.78, 5) is 27.9. The number of aliphatic hydroxyl groups excluding tert-OH is 1. The van der Waals surface area contributed by atoms with Gasteiger partial charge in [0.25, 0.3) is 0 Å². The van der Waals surface area contributed by atoms with E-state index in [2.05, 4.69) is 39.6 Å². The molecule has 334 valence electrons. The number of carbonyl (C=O) groups excluding carboxylic acids is 2. The average molecular weight is 794 g/mol. The minimum absolute atomic E-state index is 0.0111. The third-order valence-electron chi connectivity index (χ3n) is 12.2. The van der Waals surface area contributed by atoms with Crippen LogP contribution in [0, 0.1) is 11.8 Å². The van der Waals surface area contributed by atoms with Crippen LogP contribution in [0.1, 0.15) is 259 Å². The van der Waals surface area contributed by atoms with Crippen LogP contribution in [0.4, 0.5) is 0 Å². The number of unbranched alkanes of at least 4 members (excludes halogenated alkanes) is 21. The molecule has 0 saturated heterocycles. The predicted octanol–water partition coefficient (Wildman–Crippen LogP) is 14.7. The van der Waals surface area contributed by atoms with Crippen LogP contribution in [0.25, 0.3) is 0 Å². The van der Waals surface area contributed by atoms with Gasteiger partial charge >= 0.3 is 11.9 Å². The first-order valence-corrected chi connectivity index (χ1v) is 25.0. The van der Waals surface area contributed by atoms with Crippen LogP contribution in [0.3, 0.4) is 0 Å². The van der Waals surface area contributed by atoms with Crippen LogP contribution in [0.2, 0.25) is 0 Å². The van der Waals surface area contributed by atoms with Gasteiger partial charge in [-0.3, -0.25) is 9.59 Å². The predicted molar refractivity (Wildman–Crippen MR) is 241 cm³/mol. The fourth-order valence-electron chi connectivity index (χ4n) is 8.23. The zero-order valence-electron chi connectivity index (χ0n) is 38.5. The topological polar surface area (TPSA) is 76.1 Å². The molecule has 56 heavy (non-hydrogen) atoms. The Kier molecular flexibility index (Phi) is 42.6. The Morgan fingerprint density at radius 1 is 0.429 bits per heavy atom. The molecule has 2 atom stereocenters. The standard InChI is InChI=1S/C50H99NO5/c1-6-10-14-18-20-26-36-46(34-24-16-12-8-3)44-55-49(53)40-30-22-28-38-48(51(5)42-32-33-43-52)39-29-23-31-41-50(54)56-45-47(35-25-17-13-9-4)37-27-21-19-15-11-7-2/h46-48,52H,6-45H2,1-5H3. The van der Waals surface area contributed by atoms with Gasteiger partial charge in [-0.05, 0) is 89.6 Å². The monoisotopic (exact) mass is 794 g/mol. The highest BCUT2D eigenvalue weighted by Crippen LogP contribution is 2.22. The van der Waals surface area contributed by atoms with Crippen molar-refractivity contribution in [3.8, 4) is 0 Å². The van der Waals surface area contributed by atoms with Gasteiger partial charge in [0.1, 0.15) is 0 Å². The molecular formula is C50H99NO5. The maximum Gasteiger partial charge on any atom is 0.305 e. The molecule has 0 rings (SSSR count). The normalized spacial score (nSPS) is 13.3. The van der Waals surface area contributed by atoms with Crippen molar-refractivity contribution in [2.75, 3.05) is 33.4 Å². The Morgan fingerprint density at radius 3 is 1.12 bits per heavy atom. The van der Waals surface area contributed by atoms with Crippen LogP contribution in [0.5, 0.6) is 0 Å². The van der Waals surface area contributed by atoms with Crippen molar-refractivity contribution in [3.63, 3.8) is 0 Å². The maximum absolute atomic E-state index is 12.7. The third kappa shape index (κ3) is 37.2. The molecular weight excluding hydrogens is 695 g/mol. The highest BCUT2D eigenvalue weighted by atomic mass is 16.5. The molecule has 0 aromatic carbocycles. The van der Waals surface area contributed by atoms with E-state index >= 15 is 0 Å². The van der Waals surface area contributed by atoms with Gasteiger partial charge in [0, 0.05) is 25.5 Å². The summed E-state index contributed by atoms with van der Waals surface area (Å²) in [6, 6.07) is 0.499. The van der Waals surface area contributed by atoms with Gasteiger partial charge in [-0.1, -0.05) is 182 Å². The number of hydrogen-bond acceptors (Lipinski definition) is 6. The van der Waals surface area contributed by atoms with Crippen LogP contribution in [0.15, 0.2) is 0 Å². The maximum atomic E-state index is 12.7. The summed E-state index contributed by atoms with van der Waals surface area (Å²) < 4.78 is 11.7. The fraction of sp³-hybridized carbons (Fsp3) is 0.960. The van der Waals surface area contributed by atoms with Crippen molar-refractivity contribution >= 4 is 11.9 Å². The summed E-state index contributed by atoms with van der Waals surface area (Å²) in [7, 11) is 2.23. The molecule has 0 aliphatic rings. The van der Waals surface area contributed by atoms with Gasteiger partial charge in [0.15, 0.2) is 0 Å². The van der Waals surface area contributed by atoms with Crippen molar-refractivity contribution < 1.29 is 24.2 Å². The number of carbonyl (C=O) groups is 2. The lowest BCUT2D eigenvalue weighted by Gasteiger charge is -2.28. The number of hydrogen-bond donors (Lipinski definition) is 1. The van der Waals surface area contributed by atoms with Crippen molar-refractivity contribution in [2.24, 2.45) is 11.8 Å². The highest BCUT2D eigenvalue weighted by molar-refractivity contribution is 5.69. The van der Waals surface area contributed by atoms with Crippen LogP contribution in [-0.2, 0) is 19.1 Å². The second-order valence-electron chi connectivity index (χ2n) is 17.7. The number of aliphatic hydroxyl groups is 1. The van der Waals surface area contributed by atoms with E-state index < -0.39 is 0 Å². The summed E-state index contributed by atoms with van der Waals surface area (Å²) in [5, 5.41) is 9.32. The first kappa shape index (κ1) is 54.9. The van der Waals surface area contributed by atoms with E-state index in [9.17, 15) is 14.7 Å².